The zero-order valence-electron chi connectivity index (χ0n) is 6.28. The standard InChI is InChI=1S/C8H9NO3/c10-6-2-1-5-4(8(6)12)3-7(11)9-5/h1-2,7,9-12H,3H2. The number of fused-ring (bicyclic) bond motifs is 1. The number of aliphatic hydroxyl groups excluding tert-OH is 1. The molecule has 0 bridgehead atoms. The van der Waals surface area contributed by atoms with Crippen LogP contribution in [0.25, 0.3) is 0 Å². The Morgan fingerprint density at radius 2 is 2.08 bits per heavy atom. The smallest absolute Gasteiger partial charge is 0.162 e. The van der Waals surface area contributed by atoms with E-state index < -0.39 is 6.23 Å². The average molecular weight is 167 g/mol. The summed E-state index contributed by atoms with van der Waals surface area (Å²) in [7, 11) is 0. The quantitative estimate of drug-likeness (QED) is 0.333. The normalized spacial score (nSPS) is 20.2. The summed E-state index contributed by atoms with van der Waals surface area (Å²) in [6, 6.07) is 3.01. The lowest BCUT2D eigenvalue weighted by Gasteiger charge is -2.02. The number of nitrogens with one attached hydrogen (secondary N) is 1. The molecule has 64 valence electrons. The van der Waals surface area contributed by atoms with Gasteiger partial charge in [0, 0.05) is 17.7 Å². The predicted molar refractivity (Wildman–Crippen MR) is 43.1 cm³/mol. The van der Waals surface area contributed by atoms with Crippen molar-refractivity contribution in [2.24, 2.45) is 0 Å². The first-order valence-corrected chi connectivity index (χ1v) is 3.67. The molecule has 4 N–H and O–H groups in total. The van der Waals surface area contributed by atoms with Crippen molar-refractivity contribution >= 4 is 5.69 Å². The molecule has 0 saturated heterocycles. The van der Waals surface area contributed by atoms with Gasteiger partial charge < -0.3 is 20.6 Å². The second-order valence-electron chi connectivity index (χ2n) is 2.82. The van der Waals surface area contributed by atoms with Crippen LogP contribution >= 0.6 is 0 Å². The zero-order chi connectivity index (χ0) is 8.72. The third-order valence-electron chi connectivity index (χ3n) is 1.98. The van der Waals surface area contributed by atoms with Crippen LogP contribution in [0.4, 0.5) is 5.69 Å². The molecule has 1 aromatic carbocycles. The van der Waals surface area contributed by atoms with Crippen molar-refractivity contribution in [3.05, 3.63) is 17.7 Å². The maximum Gasteiger partial charge on any atom is 0.162 e. The van der Waals surface area contributed by atoms with Crippen LogP contribution in [0.15, 0.2) is 12.1 Å². The molecule has 0 amide bonds. The molecule has 4 heteroatoms. The second kappa shape index (κ2) is 2.28. The minimum atomic E-state index is -0.660. The number of phenols is 2. The van der Waals surface area contributed by atoms with Gasteiger partial charge in [-0.1, -0.05) is 0 Å². The van der Waals surface area contributed by atoms with Gasteiger partial charge in [-0.3, -0.25) is 0 Å². The van der Waals surface area contributed by atoms with E-state index in [0.717, 1.165) is 0 Å². The number of hydrogen-bond donors (Lipinski definition) is 4. The van der Waals surface area contributed by atoms with Gasteiger partial charge in [-0.25, -0.2) is 0 Å². The summed E-state index contributed by atoms with van der Waals surface area (Å²) in [5, 5.41) is 30.4. The van der Waals surface area contributed by atoms with E-state index in [1.54, 1.807) is 6.07 Å². The Balaban J connectivity index is 2.54. The van der Waals surface area contributed by atoms with Crippen molar-refractivity contribution in [1.29, 1.82) is 0 Å². The van der Waals surface area contributed by atoms with Crippen LogP contribution in [0.2, 0.25) is 0 Å². The average Bonchev–Trinajstić information content (AvgIpc) is 2.39. The van der Waals surface area contributed by atoms with Crippen molar-refractivity contribution in [1.82, 2.24) is 0 Å². The molecule has 0 aromatic heterocycles. The van der Waals surface area contributed by atoms with Crippen LogP contribution in [-0.2, 0) is 6.42 Å². The Bertz CT molecular complexity index is 324. The van der Waals surface area contributed by atoms with Crippen LogP contribution in [0, 0.1) is 0 Å². The number of phenolic OH excluding ortho intramolecular Hbond substituents is 2. The zero-order valence-corrected chi connectivity index (χ0v) is 6.28. The van der Waals surface area contributed by atoms with Gasteiger partial charge >= 0.3 is 0 Å². The van der Waals surface area contributed by atoms with Crippen molar-refractivity contribution in [2.45, 2.75) is 12.6 Å². The summed E-state index contributed by atoms with van der Waals surface area (Å²) in [5.74, 6) is -0.291. The number of hydrogen-bond acceptors (Lipinski definition) is 4. The molecule has 0 aliphatic carbocycles. The third kappa shape index (κ3) is 0.887. The van der Waals surface area contributed by atoms with Gasteiger partial charge in [-0.15, -0.1) is 0 Å². The summed E-state index contributed by atoms with van der Waals surface area (Å²) in [5.41, 5.74) is 1.25. The first kappa shape index (κ1) is 7.24. The number of aliphatic hydroxyl groups is 1. The van der Waals surface area contributed by atoms with E-state index in [1.165, 1.54) is 6.07 Å². The Hall–Kier alpha value is -1.42. The summed E-state index contributed by atoms with van der Waals surface area (Å²) in [4.78, 5) is 0. The van der Waals surface area contributed by atoms with E-state index in [-0.39, 0.29) is 11.5 Å². The van der Waals surface area contributed by atoms with Gasteiger partial charge in [0.15, 0.2) is 11.5 Å². The fourth-order valence-electron chi connectivity index (χ4n) is 1.39. The molecule has 0 spiro atoms. The first-order valence-electron chi connectivity index (χ1n) is 3.67. The summed E-state index contributed by atoms with van der Waals surface area (Å²) < 4.78 is 0. The van der Waals surface area contributed by atoms with Crippen molar-refractivity contribution < 1.29 is 15.3 Å². The fourth-order valence-corrected chi connectivity index (χ4v) is 1.39. The van der Waals surface area contributed by atoms with Gasteiger partial charge in [0.25, 0.3) is 0 Å². The highest BCUT2D eigenvalue weighted by Crippen LogP contribution is 2.38. The molecule has 1 atom stereocenters. The Morgan fingerprint density at radius 1 is 1.33 bits per heavy atom. The van der Waals surface area contributed by atoms with Crippen LogP contribution in [0.1, 0.15) is 5.56 Å². The van der Waals surface area contributed by atoms with Crippen LogP contribution in [-0.4, -0.2) is 21.5 Å². The van der Waals surface area contributed by atoms with Crippen molar-refractivity contribution in [2.75, 3.05) is 5.32 Å². The molecular weight excluding hydrogens is 158 g/mol. The van der Waals surface area contributed by atoms with Gasteiger partial charge in [0.1, 0.15) is 6.23 Å². The number of rotatable bonds is 0. The highest BCUT2D eigenvalue weighted by molar-refractivity contribution is 5.65. The predicted octanol–water partition coefficient (Wildman–Crippen LogP) is 0.384. The van der Waals surface area contributed by atoms with E-state index in [0.29, 0.717) is 17.7 Å². The molecule has 1 heterocycles. The molecule has 0 fully saturated rings. The molecule has 1 aliphatic rings. The minimum absolute atomic E-state index is 0.142. The molecule has 1 unspecified atom stereocenters. The molecular formula is C8H9NO3. The Kier molecular flexibility index (Phi) is 1.38. The van der Waals surface area contributed by atoms with Crippen LogP contribution in [0.3, 0.4) is 0 Å². The summed E-state index contributed by atoms with van der Waals surface area (Å²) in [6.45, 7) is 0. The van der Waals surface area contributed by atoms with Gasteiger partial charge in [-0.05, 0) is 12.1 Å². The monoisotopic (exact) mass is 167 g/mol. The SMILES string of the molecule is Oc1ccc2c(c1O)CC(O)N2. The van der Waals surface area contributed by atoms with Crippen molar-refractivity contribution in [3.63, 3.8) is 0 Å². The van der Waals surface area contributed by atoms with E-state index >= 15 is 0 Å². The molecule has 0 radical (unpaired) electrons. The molecule has 0 saturated carbocycles. The minimum Gasteiger partial charge on any atom is -0.504 e. The molecule has 1 aliphatic heterocycles. The highest BCUT2D eigenvalue weighted by Gasteiger charge is 2.22. The first-order chi connectivity index (χ1) is 5.68. The molecule has 2 rings (SSSR count). The van der Waals surface area contributed by atoms with Crippen LogP contribution in [0.5, 0.6) is 11.5 Å². The van der Waals surface area contributed by atoms with E-state index in [4.69, 9.17) is 10.2 Å². The number of aromatic hydroxyl groups is 2. The van der Waals surface area contributed by atoms with Crippen molar-refractivity contribution in [3.8, 4) is 11.5 Å². The Morgan fingerprint density at radius 3 is 2.83 bits per heavy atom. The topological polar surface area (TPSA) is 72.7 Å². The summed E-state index contributed by atoms with van der Waals surface area (Å²) in [6.07, 6.45) is -0.331. The maximum absolute atomic E-state index is 9.34. The number of benzene rings is 1. The largest absolute Gasteiger partial charge is 0.504 e. The van der Waals surface area contributed by atoms with Gasteiger partial charge in [0.2, 0.25) is 0 Å². The Labute approximate surface area is 69.1 Å². The molecule has 4 nitrogen and oxygen atoms in total. The third-order valence-corrected chi connectivity index (χ3v) is 1.98. The fraction of sp³-hybridized carbons (Fsp3) is 0.250. The second-order valence-corrected chi connectivity index (χ2v) is 2.82. The number of anilines is 1. The lowest BCUT2D eigenvalue weighted by Crippen LogP contribution is -2.12. The highest BCUT2D eigenvalue weighted by atomic mass is 16.3. The maximum atomic E-state index is 9.34. The summed E-state index contributed by atoms with van der Waals surface area (Å²) >= 11 is 0. The lowest BCUT2D eigenvalue weighted by molar-refractivity contribution is 0.211. The van der Waals surface area contributed by atoms with Gasteiger partial charge in [-0.2, -0.15) is 0 Å². The molecule has 12 heavy (non-hydrogen) atoms. The van der Waals surface area contributed by atoms with E-state index in [9.17, 15) is 5.11 Å². The molecule has 1 aromatic rings. The van der Waals surface area contributed by atoms with Gasteiger partial charge in [0.05, 0.1) is 0 Å². The van der Waals surface area contributed by atoms with E-state index in [1.807, 2.05) is 0 Å². The van der Waals surface area contributed by atoms with E-state index in [2.05, 4.69) is 5.32 Å². The van der Waals surface area contributed by atoms with Crippen LogP contribution < -0.4 is 5.32 Å². The lowest BCUT2D eigenvalue weighted by atomic mass is 10.1.